The first kappa shape index (κ1) is 12.2. The molecule has 2 rings (SSSR count). The first-order valence-electron chi connectivity index (χ1n) is 5.62. The van der Waals surface area contributed by atoms with E-state index < -0.39 is 0 Å². The third-order valence-electron chi connectivity index (χ3n) is 2.98. The Balaban J connectivity index is 2.91. The van der Waals surface area contributed by atoms with E-state index in [1.807, 2.05) is 25.1 Å². The predicted molar refractivity (Wildman–Crippen MR) is 69.8 cm³/mol. The van der Waals surface area contributed by atoms with Crippen LogP contribution in [0.3, 0.4) is 0 Å². The molecular formula is C14H14N2O2. The molecule has 0 saturated heterocycles. The molecule has 0 aliphatic carbocycles. The summed E-state index contributed by atoms with van der Waals surface area (Å²) in [7, 11) is 3.28. The summed E-state index contributed by atoms with van der Waals surface area (Å²) in [6.07, 6.45) is 0.124. The SMILES string of the molecule is COc1cc(C)cc2cc(CC#N)c(=O)n(C)c12. The van der Waals surface area contributed by atoms with Gasteiger partial charge in [0.1, 0.15) is 5.75 Å². The summed E-state index contributed by atoms with van der Waals surface area (Å²) in [6, 6.07) is 7.67. The van der Waals surface area contributed by atoms with Crippen LogP contribution in [0.25, 0.3) is 10.9 Å². The Labute approximate surface area is 105 Å². The van der Waals surface area contributed by atoms with Crippen LogP contribution < -0.4 is 10.3 Å². The molecule has 0 saturated carbocycles. The summed E-state index contributed by atoms with van der Waals surface area (Å²) < 4.78 is 6.86. The number of nitrogens with zero attached hydrogens (tertiary/aromatic N) is 2. The molecule has 0 unspecified atom stereocenters. The van der Waals surface area contributed by atoms with Crippen molar-refractivity contribution >= 4 is 10.9 Å². The number of hydrogen-bond acceptors (Lipinski definition) is 3. The Morgan fingerprint density at radius 2 is 2.11 bits per heavy atom. The topological polar surface area (TPSA) is 55.0 Å². The third-order valence-corrected chi connectivity index (χ3v) is 2.98. The molecule has 0 fully saturated rings. The normalized spacial score (nSPS) is 10.3. The molecule has 1 heterocycles. The Kier molecular flexibility index (Phi) is 3.07. The van der Waals surface area contributed by atoms with Crippen LogP contribution in [-0.4, -0.2) is 11.7 Å². The van der Waals surface area contributed by atoms with Gasteiger partial charge in [0.05, 0.1) is 25.1 Å². The van der Waals surface area contributed by atoms with Crippen LogP contribution in [0.15, 0.2) is 23.0 Å². The van der Waals surface area contributed by atoms with E-state index in [0.717, 1.165) is 16.5 Å². The zero-order valence-corrected chi connectivity index (χ0v) is 10.7. The molecule has 4 nitrogen and oxygen atoms in total. The summed E-state index contributed by atoms with van der Waals surface area (Å²) in [5.41, 5.74) is 2.18. The van der Waals surface area contributed by atoms with Crippen molar-refractivity contribution in [1.82, 2.24) is 4.57 Å². The lowest BCUT2D eigenvalue weighted by Gasteiger charge is -2.12. The molecule has 0 N–H and O–H groups in total. The molecule has 0 radical (unpaired) electrons. The van der Waals surface area contributed by atoms with Gasteiger partial charge in [-0.3, -0.25) is 4.79 Å². The van der Waals surface area contributed by atoms with Crippen molar-refractivity contribution in [3.05, 3.63) is 39.7 Å². The lowest BCUT2D eigenvalue weighted by Crippen LogP contribution is -2.21. The highest BCUT2D eigenvalue weighted by molar-refractivity contribution is 5.86. The van der Waals surface area contributed by atoms with Gasteiger partial charge in [0.2, 0.25) is 0 Å². The summed E-state index contributed by atoms with van der Waals surface area (Å²) in [5, 5.41) is 9.66. The van der Waals surface area contributed by atoms with Crippen molar-refractivity contribution in [3.8, 4) is 11.8 Å². The predicted octanol–water partition coefficient (Wildman–Crippen LogP) is 1.92. The number of nitriles is 1. The van der Waals surface area contributed by atoms with Crippen LogP contribution in [-0.2, 0) is 13.5 Å². The quantitative estimate of drug-likeness (QED) is 0.808. The van der Waals surface area contributed by atoms with Crippen LogP contribution in [0, 0.1) is 18.3 Å². The number of aryl methyl sites for hydroxylation is 2. The number of ether oxygens (including phenoxy) is 1. The molecule has 0 aliphatic heterocycles. The number of fused-ring (bicyclic) bond motifs is 1. The Morgan fingerprint density at radius 3 is 2.72 bits per heavy atom. The molecule has 0 amide bonds. The van der Waals surface area contributed by atoms with Gasteiger partial charge in [-0.25, -0.2) is 0 Å². The minimum Gasteiger partial charge on any atom is -0.495 e. The van der Waals surface area contributed by atoms with Gasteiger partial charge >= 0.3 is 0 Å². The van der Waals surface area contributed by atoms with E-state index in [1.165, 1.54) is 0 Å². The van der Waals surface area contributed by atoms with E-state index in [1.54, 1.807) is 24.8 Å². The molecule has 4 heteroatoms. The molecule has 18 heavy (non-hydrogen) atoms. The summed E-state index contributed by atoms with van der Waals surface area (Å²) in [4.78, 5) is 12.1. The van der Waals surface area contributed by atoms with Crippen LogP contribution in [0.4, 0.5) is 0 Å². The van der Waals surface area contributed by atoms with E-state index in [0.29, 0.717) is 11.3 Å². The van der Waals surface area contributed by atoms with Gasteiger partial charge in [0, 0.05) is 18.0 Å². The zero-order chi connectivity index (χ0) is 13.3. The number of rotatable bonds is 2. The highest BCUT2D eigenvalue weighted by Gasteiger charge is 2.11. The second-order valence-electron chi connectivity index (χ2n) is 4.27. The average Bonchev–Trinajstić information content (AvgIpc) is 2.34. The first-order valence-corrected chi connectivity index (χ1v) is 5.62. The third kappa shape index (κ3) is 1.84. The Bertz CT molecular complexity index is 708. The van der Waals surface area contributed by atoms with Gasteiger partial charge in [-0.1, -0.05) is 0 Å². The van der Waals surface area contributed by atoms with Crippen molar-refractivity contribution in [3.63, 3.8) is 0 Å². The van der Waals surface area contributed by atoms with Crippen molar-refractivity contribution in [1.29, 1.82) is 5.26 Å². The zero-order valence-electron chi connectivity index (χ0n) is 10.7. The fourth-order valence-electron chi connectivity index (χ4n) is 2.18. The second kappa shape index (κ2) is 4.53. The smallest absolute Gasteiger partial charge is 0.255 e. The monoisotopic (exact) mass is 242 g/mol. The van der Waals surface area contributed by atoms with Crippen LogP contribution in [0.5, 0.6) is 5.75 Å². The van der Waals surface area contributed by atoms with E-state index >= 15 is 0 Å². The lowest BCUT2D eigenvalue weighted by atomic mass is 10.1. The molecule has 92 valence electrons. The molecule has 0 aliphatic rings. The fourth-order valence-corrected chi connectivity index (χ4v) is 2.18. The highest BCUT2D eigenvalue weighted by atomic mass is 16.5. The van der Waals surface area contributed by atoms with Gasteiger partial charge in [-0.15, -0.1) is 0 Å². The summed E-state index contributed by atoms with van der Waals surface area (Å²) in [6.45, 7) is 1.97. The van der Waals surface area contributed by atoms with E-state index in [9.17, 15) is 4.79 Å². The first-order chi connectivity index (χ1) is 8.58. The lowest BCUT2D eigenvalue weighted by molar-refractivity contribution is 0.417. The molecule has 0 atom stereocenters. The number of pyridine rings is 1. The van der Waals surface area contributed by atoms with Crippen LogP contribution in [0.1, 0.15) is 11.1 Å². The Hall–Kier alpha value is -2.28. The summed E-state index contributed by atoms with van der Waals surface area (Å²) in [5.74, 6) is 0.674. The second-order valence-corrected chi connectivity index (χ2v) is 4.27. The van der Waals surface area contributed by atoms with Crippen molar-refractivity contribution in [2.24, 2.45) is 7.05 Å². The fraction of sp³-hybridized carbons (Fsp3) is 0.286. The molecule has 0 spiro atoms. The van der Waals surface area contributed by atoms with Crippen LogP contribution in [0.2, 0.25) is 0 Å². The van der Waals surface area contributed by atoms with Gasteiger partial charge in [-0.05, 0) is 30.7 Å². The summed E-state index contributed by atoms with van der Waals surface area (Å²) >= 11 is 0. The van der Waals surface area contributed by atoms with Gasteiger partial charge < -0.3 is 9.30 Å². The molecular weight excluding hydrogens is 228 g/mol. The molecule has 2 aromatic rings. The maximum absolute atomic E-state index is 12.1. The maximum atomic E-state index is 12.1. The van der Waals surface area contributed by atoms with Gasteiger partial charge in [0.25, 0.3) is 5.56 Å². The maximum Gasteiger partial charge on any atom is 0.255 e. The number of benzene rings is 1. The standard InChI is InChI=1S/C14H14N2O2/c1-9-6-11-8-10(4-5-15)14(17)16(2)13(11)12(7-9)18-3/h6-8H,4H2,1-3H3. The van der Waals surface area contributed by atoms with Gasteiger partial charge in [0.15, 0.2) is 0 Å². The van der Waals surface area contributed by atoms with E-state index in [2.05, 4.69) is 0 Å². The van der Waals surface area contributed by atoms with E-state index in [4.69, 9.17) is 10.00 Å². The Morgan fingerprint density at radius 1 is 1.39 bits per heavy atom. The molecule has 1 aromatic carbocycles. The minimum atomic E-state index is -0.147. The minimum absolute atomic E-state index is 0.124. The number of hydrogen-bond donors (Lipinski definition) is 0. The van der Waals surface area contributed by atoms with Crippen molar-refractivity contribution in [2.75, 3.05) is 7.11 Å². The van der Waals surface area contributed by atoms with E-state index in [-0.39, 0.29) is 12.0 Å². The largest absolute Gasteiger partial charge is 0.495 e. The van der Waals surface area contributed by atoms with Crippen molar-refractivity contribution in [2.45, 2.75) is 13.3 Å². The average molecular weight is 242 g/mol. The number of aromatic nitrogens is 1. The van der Waals surface area contributed by atoms with Crippen molar-refractivity contribution < 1.29 is 4.74 Å². The number of methoxy groups -OCH3 is 1. The van der Waals surface area contributed by atoms with Crippen LogP contribution >= 0.6 is 0 Å². The highest BCUT2D eigenvalue weighted by Crippen LogP contribution is 2.26. The molecule has 1 aromatic heterocycles. The molecule has 0 bridgehead atoms. The van der Waals surface area contributed by atoms with Gasteiger partial charge in [-0.2, -0.15) is 5.26 Å².